The molecule has 0 aliphatic carbocycles. The standard InChI is InChI=1S/C12H16F3NS/c1-9(8-17-2)16-7-10-3-5-11(6-4-10)12(13,14)15/h3-6,9,16H,7-8H2,1-2H3. The van der Waals surface area contributed by atoms with Crippen LogP contribution in [0.25, 0.3) is 0 Å². The molecule has 1 unspecified atom stereocenters. The van der Waals surface area contributed by atoms with E-state index in [1.165, 1.54) is 12.1 Å². The lowest BCUT2D eigenvalue weighted by Crippen LogP contribution is -2.27. The summed E-state index contributed by atoms with van der Waals surface area (Å²) in [6.45, 7) is 2.65. The minimum absolute atomic E-state index is 0.354. The minimum atomic E-state index is -4.25. The maximum absolute atomic E-state index is 12.3. The van der Waals surface area contributed by atoms with Crippen LogP contribution in [0.4, 0.5) is 13.2 Å². The fraction of sp³-hybridized carbons (Fsp3) is 0.500. The van der Waals surface area contributed by atoms with Crippen LogP contribution in [0, 0.1) is 0 Å². The summed E-state index contributed by atoms with van der Waals surface area (Å²) in [5.41, 5.74) is 0.268. The smallest absolute Gasteiger partial charge is 0.309 e. The first-order valence-corrected chi connectivity index (χ1v) is 6.71. The van der Waals surface area contributed by atoms with Crippen LogP contribution in [0.2, 0.25) is 0 Å². The Morgan fingerprint density at radius 2 is 1.82 bits per heavy atom. The van der Waals surface area contributed by atoms with E-state index in [-0.39, 0.29) is 0 Å². The minimum Gasteiger partial charge on any atom is -0.309 e. The first-order chi connectivity index (χ1) is 7.93. The Morgan fingerprint density at radius 3 is 2.29 bits per heavy atom. The number of halogens is 3. The highest BCUT2D eigenvalue weighted by molar-refractivity contribution is 7.98. The second kappa shape index (κ2) is 6.31. The molecule has 0 fully saturated rings. The van der Waals surface area contributed by atoms with Crippen molar-refractivity contribution >= 4 is 11.8 Å². The van der Waals surface area contributed by atoms with E-state index < -0.39 is 11.7 Å². The molecule has 0 aromatic heterocycles. The summed E-state index contributed by atoms with van der Waals surface area (Å²) in [5, 5.41) is 3.26. The van der Waals surface area contributed by atoms with Gasteiger partial charge in [-0.3, -0.25) is 0 Å². The fourth-order valence-corrected chi connectivity index (χ4v) is 2.03. The molecule has 1 atom stereocenters. The second-order valence-corrected chi connectivity index (χ2v) is 4.84. The molecule has 96 valence electrons. The Bertz CT molecular complexity index is 335. The Morgan fingerprint density at radius 1 is 1.24 bits per heavy atom. The van der Waals surface area contributed by atoms with Gasteiger partial charge in [-0.05, 0) is 30.9 Å². The van der Waals surface area contributed by atoms with Crippen LogP contribution < -0.4 is 5.32 Å². The zero-order valence-electron chi connectivity index (χ0n) is 9.84. The van der Waals surface area contributed by atoms with Crippen molar-refractivity contribution in [1.29, 1.82) is 0 Å². The van der Waals surface area contributed by atoms with E-state index in [2.05, 4.69) is 12.2 Å². The van der Waals surface area contributed by atoms with Gasteiger partial charge in [0.15, 0.2) is 0 Å². The molecule has 0 aliphatic heterocycles. The molecule has 1 nitrogen and oxygen atoms in total. The van der Waals surface area contributed by atoms with Crippen LogP contribution in [-0.4, -0.2) is 18.1 Å². The molecular formula is C12H16F3NS. The Labute approximate surface area is 104 Å². The molecule has 17 heavy (non-hydrogen) atoms. The number of rotatable bonds is 5. The molecule has 1 aromatic rings. The van der Waals surface area contributed by atoms with E-state index in [9.17, 15) is 13.2 Å². The van der Waals surface area contributed by atoms with Gasteiger partial charge >= 0.3 is 6.18 Å². The molecule has 0 aliphatic rings. The molecule has 0 radical (unpaired) electrons. The number of benzene rings is 1. The first kappa shape index (κ1) is 14.4. The molecule has 0 amide bonds. The second-order valence-electron chi connectivity index (χ2n) is 3.93. The number of hydrogen-bond acceptors (Lipinski definition) is 2. The molecule has 0 bridgehead atoms. The predicted molar refractivity (Wildman–Crippen MR) is 66.1 cm³/mol. The Hall–Kier alpha value is -0.680. The summed E-state index contributed by atoms with van der Waals surface area (Å²) in [5.74, 6) is 0.987. The average molecular weight is 263 g/mol. The van der Waals surface area contributed by atoms with Crippen molar-refractivity contribution in [2.75, 3.05) is 12.0 Å². The highest BCUT2D eigenvalue weighted by Gasteiger charge is 2.29. The van der Waals surface area contributed by atoms with E-state index in [4.69, 9.17) is 0 Å². The Balaban J connectivity index is 2.51. The third-order valence-corrected chi connectivity index (χ3v) is 3.19. The van der Waals surface area contributed by atoms with Crippen LogP contribution in [0.1, 0.15) is 18.1 Å². The highest BCUT2D eigenvalue weighted by Crippen LogP contribution is 2.29. The van der Waals surface area contributed by atoms with Crippen molar-refractivity contribution in [2.45, 2.75) is 25.7 Å². The first-order valence-electron chi connectivity index (χ1n) is 5.32. The molecule has 5 heteroatoms. The van der Waals surface area contributed by atoms with Crippen molar-refractivity contribution in [3.8, 4) is 0 Å². The van der Waals surface area contributed by atoms with E-state index in [1.807, 2.05) is 6.26 Å². The van der Waals surface area contributed by atoms with Crippen molar-refractivity contribution in [3.63, 3.8) is 0 Å². The third-order valence-electron chi connectivity index (χ3n) is 2.35. The van der Waals surface area contributed by atoms with Crippen LogP contribution >= 0.6 is 11.8 Å². The maximum atomic E-state index is 12.3. The lowest BCUT2D eigenvalue weighted by molar-refractivity contribution is -0.137. The van der Waals surface area contributed by atoms with Gasteiger partial charge in [-0.2, -0.15) is 24.9 Å². The van der Waals surface area contributed by atoms with Crippen LogP contribution in [0.5, 0.6) is 0 Å². The van der Waals surface area contributed by atoms with Gasteiger partial charge in [-0.25, -0.2) is 0 Å². The van der Waals surface area contributed by atoms with Gasteiger partial charge in [0, 0.05) is 18.3 Å². The molecule has 1 rings (SSSR count). The maximum Gasteiger partial charge on any atom is 0.416 e. The number of thioether (sulfide) groups is 1. The van der Waals surface area contributed by atoms with E-state index in [0.29, 0.717) is 12.6 Å². The van der Waals surface area contributed by atoms with Crippen molar-refractivity contribution < 1.29 is 13.2 Å². The predicted octanol–water partition coefficient (Wildman–Crippen LogP) is 3.55. The van der Waals surface area contributed by atoms with Gasteiger partial charge < -0.3 is 5.32 Å². The topological polar surface area (TPSA) is 12.0 Å². The van der Waals surface area contributed by atoms with Gasteiger partial charge in [0.1, 0.15) is 0 Å². The van der Waals surface area contributed by atoms with Crippen molar-refractivity contribution in [3.05, 3.63) is 35.4 Å². The molecule has 0 saturated heterocycles. The summed E-state index contributed by atoms with van der Waals surface area (Å²) in [7, 11) is 0. The van der Waals surface area contributed by atoms with Gasteiger partial charge in [-0.1, -0.05) is 12.1 Å². The zero-order chi connectivity index (χ0) is 12.9. The molecule has 0 saturated carbocycles. The quantitative estimate of drug-likeness (QED) is 0.872. The van der Waals surface area contributed by atoms with E-state index >= 15 is 0 Å². The summed E-state index contributed by atoms with van der Waals surface area (Å²) >= 11 is 1.74. The molecule has 1 N–H and O–H groups in total. The van der Waals surface area contributed by atoms with Gasteiger partial charge in [0.2, 0.25) is 0 Å². The molecule has 0 heterocycles. The van der Waals surface area contributed by atoms with Crippen LogP contribution in [-0.2, 0) is 12.7 Å². The molecule has 0 spiro atoms. The lowest BCUT2D eigenvalue weighted by atomic mass is 10.1. The third kappa shape index (κ3) is 5.00. The normalized spacial score (nSPS) is 13.7. The fourth-order valence-electron chi connectivity index (χ4n) is 1.41. The number of hydrogen-bond donors (Lipinski definition) is 1. The summed E-state index contributed by atoms with van der Waals surface area (Å²) in [6.07, 6.45) is -2.23. The molecular weight excluding hydrogens is 247 g/mol. The number of nitrogens with one attached hydrogen (secondary N) is 1. The van der Waals surface area contributed by atoms with Crippen molar-refractivity contribution in [2.24, 2.45) is 0 Å². The van der Waals surface area contributed by atoms with Crippen LogP contribution in [0.3, 0.4) is 0 Å². The largest absolute Gasteiger partial charge is 0.416 e. The Kier molecular flexibility index (Phi) is 5.33. The van der Waals surface area contributed by atoms with Gasteiger partial charge in [0.05, 0.1) is 5.56 Å². The summed E-state index contributed by atoms with van der Waals surface area (Å²) < 4.78 is 36.9. The van der Waals surface area contributed by atoms with Crippen molar-refractivity contribution in [1.82, 2.24) is 5.32 Å². The lowest BCUT2D eigenvalue weighted by Gasteiger charge is -2.13. The monoisotopic (exact) mass is 263 g/mol. The van der Waals surface area contributed by atoms with E-state index in [0.717, 1.165) is 23.4 Å². The highest BCUT2D eigenvalue weighted by atomic mass is 32.2. The van der Waals surface area contributed by atoms with Crippen LogP contribution in [0.15, 0.2) is 24.3 Å². The summed E-state index contributed by atoms with van der Waals surface area (Å²) in [4.78, 5) is 0. The number of alkyl halides is 3. The summed E-state index contributed by atoms with van der Waals surface area (Å²) in [6, 6.07) is 5.63. The van der Waals surface area contributed by atoms with Gasteiger partial charge in [0.25, 0.3) is 0 Å². The SMILES string of the molecule is CSCC(C)NCc1ccc(C(F)(F)F)cc1. The zero-order valence-corrected chi connectivity index (χ0v) is 10.7. The van der Waals surface area contributed by atoms with Gasteiger partial charge in [-0.15, -0.1) is 0 Å². The average Bonchev–Trinajstić information content (AvgIpc) is 2.26. The van der Waals surface area contributed by atoms with E-state index in [1.54, 1.807) is 11.8 Å². The molecule has 1 aromatic carbocycles.